The second-order valence-electron chi connectivity index (χ2n) is 5.18. The zero-order chi connectivity index (χ0) is 14.4. The molecule has 0 atom stereocenters. The molecular formula is C14H22N4O2. The van der Waals surface area contributed by atoms with Gasteiger partial charge in [-0.25, -0.2) is 4.98 Å². The molecule has 0 aromatic carbocycles. The summed E-state index contributed by atoms with van der Waals surface area (Å²) in [6, 6.07) is 1.71. The number of anilines is 1. The zero-order valence-corrected chi connectivity index (χ0v) is 12.1. The van der Waals surface area contributed by atoms with Crippen molar-refractivity contribution in [3.05, 3.63) is 12.3 Å². The minimum Gasteiger partial charge on any atom is -0.475 e. The number of ether oxygens (including phenoxy) is 1. The van der Waals surface area contributed by atoms with Gasteiger partial charge in [0.2, 0.25) is 17.7 Å². The summed E-state index contributed by atoms with van der Waals surface area (Å²) in [5.74, 6) is 1.04. The molecular weight excluding hydrogens is 256 g/mol. The summed E-state index contributed by atoms with van der Waals surface area (Å²) in [6.45, 7) is 5.82. The first-order valence-corrected chi connectivity index (χ1v) is 7.16. The molecule has 0 saturated carbocycles. The van der Waals surface area contributed by atoms with Gasteiger partial charge >= 0.3 is 0 Å². The van der Waals surface area contributed by atoms with Crippen molar-refractivity contribution in [1.29, 1.82) is 0 Å². The predicted octanol–water partition coefficient (Wildman–Crippen LogP) is 1.69. The van der Waals surface area contributed by atoms with Gasteiger partial charge in [0.15, 0.2) is 0 Å². The van der Waals surface area contributed by atoms with Crippen molar-refractivity contribution in [3.8, 4) is 5.88 Å². The number of likely N-dealkylation sites (tertiary alicyclic amines) is 1. The Morgan fingerprint density at radius 3 is 2.85 bits per heavy atom. The molecule has 6 nitrogen and oxygen atoms in total. The molecule has 2 rings (SSSR count). The van der Waals surface area contributed by atoms with Gasteiger partial charge in [0.25, 0.3) is 0 Å². The summed E-state index contributed by atoms with van der Waals surface area (Å²) >= 11 is 0. The van der Waals surface area contributed by atoms with Crippen molar-refractivity contribution in [3.63, 3.8) is 0 Å². The molecule has 0 spiro atoms. The molecule has 110 valence electrons. The highest BCUT2D eigenvalue weighted by atomic mass is 16.5. The van der Waals surface area contributed by atoms with Crippen molar-refractivity contribution < 1.29 is 9.53 Å². The number of aromatic nitrogens is 2. The van der Waals surface area contributed by atoms with Crippen molar-refractivity contribution >= 4 is 11.9 Å². The summed E-state index contributed by atoms with van der Waals surface area (Å²) in [6.07, 6.45) is 5.10. The molecule has 20 heavy (non-hydrogen) atoms. The molecule has 1 aromatic rings. The standard InChI is InChI=1S/C14H22N4O2/c1-11(2)20-12-6-7-15-14(17-12)16-10-13(19)18-8-4-3-5-9-18/h6-7,11H,3-5,8-10H2,1-2H3,(H,15,16,17). The van der Waals surface area contributed by atoms with Crippen LogP contribution in [0.5, 0.6) is 5.88 Å². The zero-order valence-electron chi connectivity index (χ0n) is 12.1. The van der Waals surface area contributed by atoms with E-state index in [4.69, 9.17) is 4.74 Å². The number of nitrogens with zero attached hydrogens (tertiary/aromatic N) is 3. The van der Waals surface area contributed by atoms with E-state index in [0.717, 1.165) is 25.9 Å². The van der Waals surface area contributed by atoms with E-state index in [-0.39, 0.29) is 18.6 Å². The average Bonchev–Trinajstić information content (AvgIpc) is 2.45. The topological polar surface area (TPSA) is 67.3 Å². The number of hydrogen-bond donors (Lipinski definition) is 1. The van der Waals surface area contributed by atoms with Gasteiger partial charge in [0.05, 0.1) is 12.6 Å². The molecule has 1 fully saturated rings. The summed E-state index contributed by atoms with van der Waals surface area (Å²) in [4.78, 5) is 22.2. The molecule has 6 heteroatoms. The SMILES string of the molecule is CC(C)Oc1ccnc(NCC(=O)N2CCCCC2)n1. The molecule has 0 aliphatic carbocycles. The lowest BCUT2D eigenvalue weighted by atomic mass is 10.1. The normalized spacial score (nSPS) is 15.2. The van der Waals surface area contributed by atoms with Crippen molar-refractivity contribution in [2.75, 3.05) is 25.0 Å². The largest absolute Gasteiger partial charge is 0.475 e. The van der Waals surface area contributed by atoms with Crippen molar-refractivity contribution in [1.82, 2.24) is 14.9 Å². The van der Waals surface area contributed by atoms with Crippen LogP contribution in [0.15, 0.2) is 12.3 Å². The lowest BCUT2D eigenvalue weighted by molar-refractivity contribution is -0.130. The molecule has 1 amide bonds. The molecule has 2 heterocycles. The smallest absolute Gasteiger partial charge is 0.241 e. The third-order valence-corrected chi connectivity index (χ3v) is 3.09. The average molecular weight is 278 g/mol. The van der Waals surface area contributed by atoms with E-state index in [1.807, 2.05) is 18.7 Å². The van der Waals surface area contributed by atoms with E-state index in [1.54, 1.807) is 12.3 Å². The minimum atomic E-state index is 0.0627. The first-order valence-electron chi connectivity index (χ1n) is 7.16. The summed E-state index contributed by atoms with van der Waals surface area (Å²) in [7, 11) is 0. The molecule has 1 aliphatic rings. The molecule has 0 radical (unpaired) electrons. The highest BCUT2D eigenvalue weighted by molar-refractivity contribution is 5.80. The van der Waals surface area contributed by atoms with Gasteiger partial charge in [-0.15, -0.1) is 0 Å². The highest BCUT2D eigenvalue weighted by Crippen LogP contribution is 2.11. The van der Waals surface area contributed by atoms with Crippen LogP contribution in [0.3, 0.4) is 0 Å². The van der Waals surface area contributed by atoms with Crippen LogP contribution < -0.4 is 10.1 Å². The number of nitrogens with one attached hydrogen (secondary N) is 1. The van der Waals surface area contributed by atoms with Gasteiger partial charge < -0.3 is 15.0 Å². The summed E-state index contributed by atoms with van der Waals surface area (Å²) < 4.78 is 5.49. The fourth-order valence-electron chi connectivity index (χ4n) is 2.14. The quantitative estimate of drug-likeness (QED) is 0.887. The molecule has 1 aliphatic heterocycles. The van der Waals surface area contributed by atoms with Gasteiger partial charge in [-0.2, -0.15) is 4.98 Å². The number of rotatable bonds is 5. The Balaban J connectivity index is 1.85. The van der Waals surface area contributed by atoms with E-state index in [9.17, 15) is 4.79 Å². The van der Waals surface area contributed by atoms with E-state index in [0.29, 0.717) is 11.8 Å². The lowest BCUT2D eigenvalue weighted by Gasteiger charge is -2.26. The van der Waals surface area contributed by atoms with Crippen LogP contribution in [0, 0.1) is 0 Å². The molecule has 1 aromatic heterocycles. The number of hydrogen-bond acceptors (Lipinski definition) is 5. The number of piperidine rings is 1. The molecule has 1 saturated heterocycles. The van der Waals surface area contributed by atoms with Gasteiger partial charge in [0.1, 0.15) is 0 Å². The maximum absolute atomic E-state index is 12.0. The van der Waals surface area contributed by atoms with Crippen LogP contribution in [0.25, 0.3) is 0 Å². The molecule has 0 unspecified atom stereocenters. The maximum Gasteiger partial charge on any atom is 0.241 e. The fourth-order valence-corrected chi connectivity index (χ4v) is 2.14. The number of carbonyl (C=O) groups is 1. The van der Waals surface area contributed by atoms with Gasteiger partial charge in [-0.1, -0.05) is 0 Å². The Hall–Kier alpha value is -1.85. The summed E-state index contributed by atoms with van der Waals surface area (Å²) in [5.41, 5.74) is 0. The van der Waals surface area contributed by atoms with Crippen LogP contribution >= 0.6 is 0 Å². The third kappa shape index (κ3) is 4.36. The summed E-state index contributed by atoms with van der Waals surface area (Å²) in [5, 5.41) is 2.96. The second kappa shape index (κ2) is 7.07. The molecule has 1 N–H and O–H groups in total. The van der Waals surface area contributed by atoms with Gasteiger partial charge in [0, 0.05) is 25.4 Å². The number of carbonyl (C=O) groups excluding carboxylic acids is 1. The monoisotopic (exact) mass is 278 g/mol. The third-order valence-electron chi connectivity index (χ3n) is 3.09. The van der Waals surface area contributed by atoms with E-state index in [1.165, 1.54) is 6.42 Å². The Morgan fingerprint density at radius 1 is 1.40 bits per heavy atom. The van der Waals surface area contributed by atoms with Gasteiger partial charge in [-0.3, -0.25) is 4.79 Å². The van der Waals surface area contributed by atoms with E-state index >= 15 is 0 Å². The Bertz CT molecular complexity index is 445. The van der Waals surface area contributed by atoms with E-state index in [2.05, 4.69) is 15.3 Å². The van der Waals surface area contributed by atoms with Crippen LogP contribution in [0.2, 0.25) is 0 Å². The first-order chi connectivity index (χ1) is 9.65. The highest BCUT2D eigenvalue weighted by Gasteiger charge is 2.16. The lowest BCUT2D eigenvalue weighted by Crippen LogP contribution is -2.39. The number of amides is 1. The molecule has 0 bridgehead atoms. The maximum atomic E-state index is 12.0. The van der Waals surface area contributed by atoms with Crippen LogP contribution in [0.1, 0.15) is 33.1 Å². The Kier molecular flexibility index (Phi) is 5.15. The Morgan fingerprint density at radius 2 is 2.15 bits per heavy atom. The van der Waals surface area contributed by atoms with Crippen molar-refractivity contribution in [2.45, 2.75) is 39.2 Å². The van der Waals surface area contributed by atoms with Crippen LogP contribution in [-0.2, 0) is 4.79 Å². The first kappa shape index (κ1) is 14.6. The van der Waals surface area contributed by atoms with Crippen molar-refractivity contribution in [2.24, 2.45) is 0 Å². The van der Waals surface area contributed by atoms with Gasteiger partial charge in [-0.05, 0) is 33.1 Å². The Labute approximate surface area is 119 Å². The van der Waals surface area contributed by atoms with Crippen LogP contribution in [0.4, 0.5) is 5.95 Å². The van der Waals surface area contributed by atoms with E-state index < -0.39 is 0 Å². The van der Waals surface area contributed by atoms with Crippen LogP contribution in [-0.4, -0.2) is 46.5 Å². The minimum absolute atomic E-state index is 0.0627. The predicted molar refractivity (Wildman–Crippen MR) is 76.7 cm³/mol. The second-order valence-corrected chi connectivity index (χ2v) is 5.18. The fraction of sp³-hybridized carbons (Fsp3) is 0.643.